The van der Waals surface area contributed by atoms with Gasteiger partial charge in [-0.05, 0) is 49.6 Å². The third-order valence-corrected chi connectivity index (χ3v) is 4.79. The highest BCUT2D eigenvalue weighted by Gasteiger charge is 2.15. The van der Waals surface area contributed by atoms with Crippen molar-refractivity contribution < 1.29 is 9.72 Å². The Hall–Kier alpha value is -2.80. The number of hydrogen-bond acceptors (Lipinski definition) is 5. The van der Waals surface area contributed by atoms with Gasteiger partial charge in [0.2, 0.25) is 0 Å². The van der Waals surface area contributed by atoms with Crippen molar-refractivity contribution in [2.24, 2.45) is 0 Å². The van der Waals surface area contributed by atoms with Gasteiger partial charge < -0.3 is 0 Å². The first-order chi connectivity index (χ1) is 11.3. The van der Waals surface area contributed by atoms with Crippen LogP contribution in [0.3, 0.4) is 0 Å². The number of anilines is 1. The molecule has 1 heterocycles. The predicted octanol–water partition coefficient (Wildman–Crippen LogP) is 4.38. The molecule has 1 aromatic heterocycles. The van der Waals surface area contributed by atoms with Gasteiger partial charge in [0.1, 0.15) is 0 Å². The molecule has 0 bridgehead atoms. The number of nitrogens with one attached hydrogen (secondary N) is 1. The molecule has 1 N–H and O–H groups in total. The Morgan fingerprint density at radius 3 is 2.54 bits per heavy atom. The number of carbonyl (C=O) groups is 1. The van der Waals surface area contributed by atoms with Gasteiger partial charge in [-0.25, -0.2) is 4.98 Å². The number of amides is 1. The van der Waals surface area contributed by atoms with Gasteiger partial charge in [-0.3, -0.25) is 20.2 Å². The summed E-state index contributed by atoms with van der Waals surface area (Å²) in [6.07, 6.45) is 0. The molecule has 6 nitrogen and oxygen atoms in total. The summed E-state index contributed by atoms with van der Waals surface area (Å²) in [5.41, 5.74) is 4.12. The maximum absolute atomic E-state index is 12.4. The SMILES string of the molecule is Cc1ccc(C(=O)Nc2nc3c(C)cc([N+](=O)[O-])cc3s2)cc1C. The van der Waals surface area contributed by atoms with Crippen LogP contribution in [0.25, 0.3) is 10.2 Å². The molecule has 0 fully saturated rings. The van der Waals surface area contributed by atoms with E-state index in [-0.39, 0.29) is 11.6 Å². The summed E-state index contributed by atoms with van der Waals surface area (Å²) >= 11 is 1.23. The molecule has 0 saturated carbocycles. The molecule has 0 saturated heterocycles. The average Bonchev–Trinajstić information content (AvgIpc) is 2.92. The van der Waals surface area contributed by atoms with Crippen molar-refractivity contribution in [1.29, 1.82) is 0 Å². The summed E-state index contributed by atoms with van der Waals surface area (Å²) in [5, 5.41) is 14.1. The van der Waals surface area contributed by atoms with Crippen molar-refractivity contribution in [2.45, 2.75) is 20.8 Å². The first-order valence-corrected chi connectivity index (χ1v) is 8.11. The van der Waals surface area contributed by atoms with Crippen molar-refractivity contribution in [3.8, 4) is 0 Å². The first kappa shape index (κ1) is 16.1. The van der Waals surface area contributed by atoms with E-state index in [0.29, 0.717) is 26.5 Å². The van der Waals surface area contributed by atoms with Gasteiger partial charge in [-0.2, -0.15) is 0 Å². The number of carbonyl (C=O) groups excluding carboxylic acids is 1. The van der Waals surface area contributed by atoms with E-state index in [1.165, 1.54) is 23.5 Å². The Labute approximate surface area is 142 Å². The zero-order valence-electron chi connectivity index (χ0n) is 13.4. The van der Waals surface area contributed by atoms with Gasteiger partial charge in [0, 0.05) is 17.7 Å². The fraction of sp³-hybridized carbons (Fsp3) is 0.176. The van der Waals surface area contributed by atoms with Crippen molar-refractivity contribution in [3.63, 3.8) is 0 Å². The Morgan fingerprint density at radius 1 is 1.12 bits per heavy atom. The molecule has 0 spiro atoms. The second kappa shape index (κ2) is 6.01. The molecule has 122 valence electrons. The molecule has 0 aliphatic heterocycles. The van der Waals surface area contributed by atoms with E-state index in [4.69, 9.17) is 0 Å². The van der Waals surface area contributed by atoms with Crippen LogP contribution in [-0.2, 0) is 0 Å². The molecule has 0 radical (unpaired) electrons. The van der Waals surface area contributed by atoms with E-state index < -0.39 is 4.92 Å². The zero-order chi connectivity index (χ0) is 17.4. The fourth-order valence-corrected chi connectivity index (χ4v) is 3.36. The van der Waals surface area contributed by atoms with Crippen molar-refractivity contribution >= 4 is 38.3 Å². The van der Waals surface area contributed by atoms with Gasteiger partial charge >= 0.3 is 0 Å². The topological polar surface area (TPSA) is 85.1 Å². The van der Waals surface area contributed by atoms with Crippen LogP contribution in [0.15, 0.2) is 30.3 Å². The van der Waals surface area contributed by atoms with Crippen LogP contribution in [0.2, 0.25) is 0 Å². The minimum absolute atomic E-state index is 0.0238. The van der Waals surface area contributed by atoms with Crippen LogP contribution < -0.4 is 5.32 Å². The number of nitro groups is 1. The molecule has 3 rings (SSSR count). The fourth-order valence-electron chi connectivity index (χ4n) is 2.39. The van der Waals surface area contributed by atoms with Crippen molar-refractivity contribution in [2.75, 3.05) is 5.32 Å². The number of benzene rings is 2. The van der Waals surface area contributed by atoms with E-state index in [2.05, 4.69) is 10.3 Å². The van der Waals surface area contributed by atoms with E-state index >= 15 is 0 Å². The van der Waals surface area contributed by atoms with Crippen LogP contribution in [0.4, 0.5) is 10.8 Å². The second-order valence-electron chi connectivity index (χ2n) is 5.64. The molecule has 1 amide bonds. The lowest BCUT2D eigenvalue weighted by Gasteiger charge is -2.04. The molecule has 24 heavy (non-hydrogen) atoms. The lowest BCUT2D eigenvalue weighted by molar-refractivity contribution is -0.384. The standard InChI is InChI=1S/C17H15N3O3S/c1-9-4-5-12(6-10(9)2)16(21)19-17-18-15-11(3)7-13(20(22)23)8-14(15)24-17/h4-8H,1-3H3,(H,18,19,21). The lowest BCUT2D eigenvalue weighted by Crippen LogP contribution is -2.11. The molecule has 2 aromatic carbocycles. The van der Waals surface area contributed by atoms with Gasteiger partial charge in [0.05, 0.1) is 15.1 Å². The smallest absolute Gasteiger partial charge is 0.271 e. The van der Waals surface area contributed by atoms with Crippen LogP contribution in [-0.4, -0.2) is 15.8 Å². The molecule has 0 aliphatic rings. The zero-order valence-corrected chi connectivity index (χ0v) is 14.2. The third kappa shape index (κ3) is 2.98. The quantitative estimate of drug-likeness (QED) is 0.566. The number of thiazole rings is 1. The molecular weight excluding hydrogens is 326 g/mol. The number of nitrogens with zero attached hydrogens (tertiary/aromatic N) is 2. The molecule has 0 unspecified atom stereocenters. The average molecular weight is 341 g/mol. The van der Waals surface area contributed by atoms with Gasteiger partial charge in [-0.1, -0.05) is 17.4 Å². The largest absolute Gasteiger partial charge is 0.298 e. The Balaban J connectivity index is 1.92. The number of rotatable bonds is 3. The highest BCUT2D eigenvalue weighted by molar-refractivity contribution is 7.22. The highest BCUT2D eigenvalue weighted by atomic mass is 32.1. The normalized spacial score (nSPS) is 10.8. The Bertz CT molecular complexity index is 979. The van der Waals surface area contributed by atoms with E-state index in [9.17, 15) is 14.9 Å². The number of nitro benzene ring substituents is 1. The summed E-state index contributed by atoms with van der Waals surface area (Å²) < 4.78 is 0.678. The Kier molecular flexibility index (Phi) is 4.02. The number of aryl methyl sites for hydroxylation is 3. The number of hydrogen-bond donors (Lipinski definition) is 1. The van der Waals surface area contributed by atoms with E-state index in [0.717, 1.165) is 11.1 Å². The number of aromatic nitrogens is 1. The number of fused-ring (bicyclic) bond motifs is 1. The van der Waals surface area contributed by atoms with Crippen molar-refractivity contribution in [1.82, 2.24) is 4.98 Å². The van der Waals surface area contributed by atoms with Crippen LogP contribution in [0, 0.1) is 30.9 Å². The van der Waals surface area contributed by atoms with Gasteiger partial charge in [-0.15, -0.1) is 0 Å². The number of non-ortho nitro benzene ring substituents is 1. The summed E-state index contributed by atoms with van der Waals surface area (Å²) in [4.78, 5) is 27.3. The highest BCUT2D eigenvalue weighted by Crippen LogP contribution is 2.32. The molecule has 3 aromatic rings. The van der Waals surface area contributed by atoms with E-state index in [1.54, 1.807) is 13.0 Å². The predicted molar refractivity (Wildman–Crippen MR) is 94.9 cm³/mol. The van der Waals surface area contributed by atoms with Crippen LogP contribution in [0.5, 0.6) is 0 Å². The first-order valence-electron chi connectivity index (χ1n) is 7.29. The molecular formula is C17H15N3O3S. The van der Waals surface area contributed by atoms with E-state index in [1.807, 2.05) is 26.0 Å². The van der Waals surface area contributed by atoms with Gasteiger partial charge in [0.25, 0.3) is 11.6 Å². The summed E-state index contributed by atoms with van der Waals surface area (Å²) in [6.45, 7) is 5.70. The summed E-state index contributed by atoms with van der Waals surface area (Å²) in [6, 6.07) is 8.45. The summed E-state index contributed by atoms with van der Waals surface area (Å²) in [7, 11) is 0. The molecule has 0 atom stereocenters. The van der Waals surface area contributed by atoms with Crippen LogP contribution >= 0.6 is 11.3 Å². The summed E-state index contributed by atoms with van der Waals surface area (Å²) in [5.74, 6) is -0.246. The molecule has 7 heteroatoms. The monoisotopic (exact) mass is 341 g/mol. The second-order valence-corrected chi connectivity index (χ2v) is 6.67. The minimum atomic E-state index is -0.431. The maximum Gasteiger partial charge on any atom is 0.271 e. The lowest BCUT2D eigenvalue weighted by atomic mass is 10.1. The van der Waals surface area contributed by atoms with Gasteiger partial charge in [0.15, 0.2) is 5.13 Å². The maximum atomic E-state index is 12.4. The van der Waals surface area contributed by atoms with Crippen molar-refractivity contribution in [3.05, 3.63) is 62.7 Å². The minimum Gasteiger partial charge on any atom is -0.298 e. The third-order valence-electron chi connectivity index (χ3n) is 3.87. The molecule has 0 aliphatic carbocycles. The van der Waals surface area contributed by atoms with Crippen LogP contribution in [0.1, 0.15) is 27.0 Å². The Morgan fingerprint density at radius 2 is 1.88 bits per heavy atom.